The maximum atomic E-state index is 9.61. The van der Waals surface area contributed by atoms with Crippen LogP contribution in [-0.4, -0.2) is 54.4 Å². The molecule has 0 aliphatic carbocycles. The van der Waals surface area contributed by atoms with Crippen molar-refractivity contribution in [1.29, 1.82) is 0 Å². The molecule has 28 heavy (non-hydrogen) atoms. The summed E-state index contributed by atoms with van der Waals surface area (Å²) < 4.78 is 11.7. The number of ether oxygens (including phenoxy) is 2. The number of H-pyrrole nitrogens is 1. The molecule has 0 amide bonds. The number of aromatic amines is 1. The quantitative estimate of drug-likeness (QED) is 0.581. The molecule has 1 fully saturated rings. The number of rotatable bonds is 7. The number of hydrogen-bond acceptors (Lipinski definition) is 5. The maximum Gasteiger partial charge on any atom is 0.184 e. The first-order valence-electron chi connectivity index (χ1n) is 9.77. The zero-order valence-corrected chi connectivity index (χ0v) is 16.1. The van der Waals surface area contributed by atoms with Crippen molar-refractivity contribution in [3.8, 4) is 11.5 Å². The van der Waals surface area contributed by atoms with Gasteiger partial charge >= 0.3 is 0 Å². The number of piperidine rings is 1. The van der Waals surface area contributed by atoms with Crippen LogP contribution in [0.5, 0.6) is 11.5 Å². The van der Waals surface area contributed by atoms with Gasteiger partial charge in [-0.15, -0.1) is 0 Å². The molecule has 1 aliphatic heterocycles. The van der Waals surface area contributed by atoms with Crippen LogP contribution in [0.1, 0.15) is 12.8 Å². The highest BCUT2D eigenvalue weighted by Crippen LogP contribution is 2.37. The third-order valence-corrected chi connectivity index (χ3v) is 5.24. The predicted molar refractivity (Wildman–Crippen MR) is 112 cm³/mol. The van der Waals surface area contributed by atoms with Gasteiger partial charge in [0.05, 0.1) is 18.9 Å². The topological polar surface area (TPSA) is 69.8 Å². The van der Waals surface area contributed by atoms with Crippen LogP contribution in [0, 0.1) is 0 Å². The number of nitrogens with zero attached hydrogens (tertiary/aromatic N) is 1. The predicted octanol–water partition coefficient (Wildman–Crippen LogP) is 3.76. The molecule has 0 saturated carbocycles. The summed E-state index contributed by atoms with van der Waals surface area (Å²) in [4.78, 5) is 5.53. The standard InChI is InChI=1S/C22H27N3O3/c1-27-22-20(24-17-5-6-19-16(15-17)7-10-23-19)3-2-4-21(22)28-14-13-25-11-8-18(26)9-12-25/h2-7,10,15,18,23-24,26H,8-9,11-14H2,1H3. The van der Waals surface area contributed by atoms with E-state index >= 15 is 0 Å². The second kappa shape index (κ2) is 8.54. The van der Waals surface area contributed by atoms with E-state index in [0.717, 1.165) is 60.5 Å². The number of para-hydroxylation sites is 1. The molecule has 2 aromatic carbocycles. The zero-order chi connectivity index (χ0) is 19.3. The molecule has 148 valence electrons. The summed E-state index contributed by atoms with van der Waals surface area (Å²) in [7, 11) is 1.66. The molecule has 0 radical (unpaired) electrons. The smallest absolute Gasteiger partial charge is 0.184 e. The lowest BCUT2D eigenvalue weighted by Gasteiger charge is -2.29. The second-order valence-corrected chi connectivity index (χ2v) is 7.16. The number of aliphatic hydroxyl groups excluding tert-OH is 1. The third-order valence-electron chi connectivity index (χ3n) is 5.24. The Hall–Kier alpha value is -2.70. The van der Waals surface area contributed by atoms with Crippen molar-refractivity contribution in [3.05, 3.63) is 48.7 Å². The summed E-state index contributed by atoms with van der Waals surface area (Å²) in [5.74, 6) is 1.43. The highest BCUT2D eigenvalue weighted by Gasteiger charge is 2.17. The van der Waals surface area contributed by atoms with Crippen molar-refractivity contribution in [2.75, 3.05) is 38.7 Å². The Labute approximate surface area is 165 Å². The average molecular weight is 381 g/mol. The van der Waals surface area contributed by atoms with E-state index in [1.54, 1.807) is 7.11 Å². The van der Waals surface area contributed by atoms with E-state index in [2.05, 4.69) is 33.4 Å². The summed E-state index contributed by atoms with van der Waals surface area (Å²) in [6.45, 7) is 3.28. The minimum Gasteiger partial charge on any atom is -0.491 e. The molecular formula is C22H27N3O3. The van der Waals surface area contributed by atoms with Crippen LogP contribution in [0.2, 0.25) is 0 Å². The van der Waals surface area contributed by atoms with Crippen molar-refractivity contribution >= 4 is 22.3 Å². The first-order valence-corrected chi connectivity index (χ1v) is 9.77. The number of likely N-dealkylation sites (tertiary alicyclic amines) is 1. The minimum atomic E-state index is -0.148. The van der Waals surface area contributed by atoms with Gasteiger partial charge in [0.25, 0.3) is 0 Å². The van der Waals surface area contributed by atoms with E-state index in [4.69, 9.17) is 9.47 Å². The molecule has 6 nitrogen and oxygen atoms in total. The van der Waals surface area contributed by atoms with Crippen LogP contribution in [-0.2, 0) is 0 Å². The lowest BCUT2D eigenvalue weighted by molar-refractivity contribution is 0.0753. The highest BCUT2D eigenvalue weighted by molar-refractivity contribution is 5.84. The van der Waals surface area contributed by atoms with Gasteiger partial charge in [-0.2, -0.15) is 0 Å². The van der Waals surface area contributed by atoms with E-state index in [1.165, 1.54) is 0 Å². The molecule has 1 saturated heterocycles. The van der Waals surface area contributed by atoms with Crippen molar-refractivity contribution in [2.24, 2.45) is 0 Å². The first-order chi connectivity index (χ1) is 13.7. The van der Waals surface area contributed by atoms with Crippen LogP contribution in [0.3, 0.4) is 0 Å². The molecule has 2 heterocycles. The Morgan fingerprint density at radius 1 is 1.18 bits per heavy atom. The number of benzene rings is 2. The van der Waals surface area contributed by atoms with Gasteiger partial charge in [-0.1, -0.05) is 6.07 Å². The Morgan fingerprint density at radius 3 is 2.86 bits per heavy atom. The molecule has 3 N–H and O–H groups in total. The Morgan fingerprint density at radius 2 is 2.04 bits per heavy atom. The number of fused-ring (bicyclic) bond motifs is 1. The summed E-state index contributed by atoms with van der Waals surface area (Å²) in [6.07, 6.45) is 3.47. The van der Waals surface area contributed by atoms with Crippen LogP contribution in [0.25, 0.3) is 10.9 Å². The third kappa shape index (κ3) is 4.24. The van der Waals surface area contributed by atoms with Crippen molar-refractivity contribution in [1.82, 2.24) is 9.88 Å². The summed E-state index contributed by atoms with van der Waals surface area (Å²) in [5.41, 5.74) is 2.98. The van der Waals surface area contributed by atoms with Crippen molar-refractivity contribution in [3.63, 3.8) is 0 Å². The molecule has 6 heteroatoms. The van der Waals surface area contributed by atoms with Crippen LogP contribution < -0.4 is 14.8 Å². The minimum absolute atomic E-state index is 0.148. The molecule has 0 atom stereocenters. The lowest BCUT2D eigenvalue weighted by Crippen LogP contribution is -2.38. The summed E-state index contributed by atoms with van der Waals surface area (Å²) in [6, 6.07) is 14.1. The largest absolute Gasteiger partial charge is 0.491 e. The molecule has 0 unspecified atom stereocenters. The van der Waals surface area contributed by atoms with Crippen molar-refractivity contribution < 1.29 is 14.6 Å². The van der Waals surface area contributed by atoms with Gasteiger partial charge in [-0.3, -0.25) is 4.90 Å². The monoisotopic (exact) mass is 381 g/mol. The fraction of sp³-hybridized carbons (Fsp3) is 0.364. The summed E-state index contributed by atoms with van der Waals surface area (Å²) >= 11 is 0. The summed E-state index contributed by atoms with van der Waals surface area (Å²) in [5, 5.41) is 14.2. The van der Waals surface area contributed by atoms with E-state index in [9.17, 15) is 5.11 Å². The zero-order valence-electron chi connectivity index (χ0n) is 16.1. The van der Waals surface area contributed by atoms with Crippen LogP contribution >= 0.6 is 0 Å². The second-order valence-electron chi connectivity index (χ2n) is 7.16. The number of hydrogen-bond donors (Lipinski definition) is 3. The fourth-order valence-corrected chi connectivity index (χ4v) is 3.65. The normalized spacial score (nSPS) is 15.6. The molecule has 0 spiro atoms. The number of nitrogens with one attached hydrogen (secondary N) is 2. The Bertz CT molecular complexity index is 916. The van der Waals surface area contributed by atoms with Gasteiger partial charge in [-0.05, 0) is 49.2 Å². The molecule has 1 aliphatic rings. The molecule has 4 rings (SSSR count). The van der Waals surface area contributed by atoms with E-state index in [1.807, 2.05) is 30.5 Å². The van der Waals surface area contributed by atoms with Crippen molar-refractivity contribution in [2.45, 2.75) is 18.9 Å². The fourth-order valence-electron chi connectivity index (χ4n) is 3.65. The number of anilines is 2. The molecule has 0 bridgehead atoms. The lowest BCUT2D eigenvalue weighted by atomic mass is 10.1. The van der Waals surface area contributed by atoms with Gasteiger partial charge in [0.2, 0.25) is 0 Å². The molecule has 3 aromatic rings. The van der Waals surface area contributed by atoms with E-state index in [-0.39, 0.29) is 6.10 Å². The van der Waals surface area contributed by atoms with E-state index < -0.39 is 0 Å². The van der Waals surface area contributed by atoms with Gasteiger partial charge in [0.1, 0.15) is 6.61 Å². The molecule has 1 aromatic heterocycles. The van der Waals surface area contributed by atoms with Crippen LogP contribution in [0.15, 0.2) is 48.7 Å². The Kier molecular flexibility index (Phi) is 5.69. The number of methoxy groups -OCH3 is 1. The number of aliphatic hydroxyl groups is 1. The van der Waals surface area contributed by atoms with Gasteiger partial charge in [0, 0.05) is 42.4 Å². The van der Waals surface area contributed by atoms with Gasteiger partial charge in [-0.25, -0.2) is 0 Å². The average Bonchev–Trinajstić information content (AvgIpc) is 3.17. The highest BCUT2D eigenvalue weighted by atomic mass is 16.5. The molecular weight excluding hydrogens is 354 g/mol. The van der Waals surface area contributed by atoms with E-state index in [0.29, 0.717) is 12.4 Å². The van der Waals surface area contributed by atoms with Gasteiger partial charge in [0.15, 0.2) is 11.5 Å². The SMILES string of the molecule is COc1c(Nc2ccc3[nH]ccc3c2)cccc1OCCN1CCC(O)CC1. The Balaban J connectivity index is 1.42. The van der Waals surface area contributed by atoms with Gasteiger partial charge < -0.3 is 24.9 Å². The number of aromatic nitrogens is 1. The maximum absolute atomic E-state index is 9.61. The van der Waals surface area contributed by atoms with Crippen LogP contribution in [0.4, 0.5) is 11.4 Å². The first kappa shape index (κ1) is 18.7.